The predicted molar refractivity (Wildman–Crippen MR) is 121 cm³/mol. The third-order valence-corrected chi connectivity index (χ3v) is 6.39. The first-order valence-electron chi connectivity index (χ1n) is 9.86. The van der Waals surface area contributed by atoms with E-state index in [0.717, 1.165) is 5.56 Å². The summed E-state index contributed by atoms with van der Waals surface area (Å²) in [6.07, 6.45) is 0. The number of ether oxygens (including phenoxy) is 1. The van der Waals surface area contributed by atoms with Gasteiger partial charge in [0, 0.05) is 19.6 Å². The van der Waals surface area contributed by atoms with Gasteiger partial charge in [0.25, 0.3) is 5.91 Å². The van der Waals surface area contributed by atoms with Crippen molar-refractivity contribution in [2.45, 2.75) is 26.3 Å². The highest BCUT2D eigenvalue weighted by Gasteiger charge is 2.33. The Morgan fingerprint density at radius 2 is 1.84 bits per heavy atom. The van der Waals surface area contributed by atoms with E-state index in [1.807, 2.05) is 30.3 Å². The van der Waals surface area contributed by atoms with Crippen molar-refractivity contribution in [2.24, 2.45) is 0 Å². The van der Waals surface area contributed by atoms with Crippen LogP contribution in [0.25, 0.3) is 0 Å². The molecule has 0 unspecified atom stereocenters. The van der Waals surface area contributed by atoms with Crippen molar-refractivity contribution in [3.05, 3.63) is 96.6 Å². The number of amides is 1. The van der Waals surface area contributed by atoms with Gasteiger partial charge in [0.05, 0.1) is 21.8 Å². The molecule has 3 aromatic rings. The zero-order valence-electron chi connectivity index (χ0n) is 16.9. The highest BCUT2D eigenvalue weighted by molar-refractivity contribution is 9.10. The van der Waals surface area contributed by atoms with E-state index in [2.05, 4.69) is 15.9 Å². The SMILES string of the molecule is O=C1c2c(OCc3ccccc3)c(=O)c(Br)c(CO)n2CCN1Cc1ccc(F)c(Cl)c1. The number of aliphatic hydroxyl groups is 1. The van der Waals surface area contributed by atoms with Crippen LogP contribution < -0.4 is 10.2 Å². The van der Waals surface area contributed by atoms with Gasteiger partial charge in [-0.3, -0.25) is 9.59 Å². The molecular formula is C23H19BrClFN2O4. The fraction of sp³-hybridized carbons (Fsp3) is 0.217. The lowest BCUT2D eigenvalue weighted by molar-refractivity contribution is 0.0675. The van der Waals surface area contributed by atoms with E-state index in [9.17, 15) is 19.1 Å². The maximum absolute atomic E-state index is 13.5. The molecule has 1 amide bonds. The first-order chi connectivity index (χ1) is 15.4. The van der Waals surface area contributed by atoms with Crippen molar-refractivity contribution in [1.82, 2.24) is 9.47 Å². The van der Waals surface area contributed by atoms with Gasteiger partial charge in [-0.15, -0.1) is 0 Å². The number of benzene rings is 2. The lowest BCUT2D eigenvalue weighted by atomic mass is 10.1. The van der Waals surface area contributed by atoms with Gasteiger partial charge in [-0.05, 0) is 39.2 Å². The van der Waals surface area contributed by atoms with Crippen molar-refractivity contribution in [3.8, 4) is 5.75 Å². The van der Waals surface area contributed by atoms with E-state index >= 15 is 0 Å². The van der Waals surface area contributed by atoms with E-state index in [1.165, 1.54) is 12.1 Å². The molecule has 32 heavy (non-hydrogen) atoms. The van der Waals surface area contributed by atoms with Gasteiger partial charge >= 0.3 is 0 Å². The molecule has 0 fully saturated rings. The molecule has 0 saturated heterocycles. The normalized spacial score (nSPS) is 13.2. The summed E-state index contributed by atoms with van der Waals surface area (Å²) >= 11 is 9.13. The molecule has 0 aliphatic carbocycles. The zero-order valence-corrected chi connectivity index (χ0v) is 19.2. The number of carbonyl (C=O) groups excluding carboxylic acids is 1. The molecule has 0 radical (unpaired) electrons. The van der Waals surface area contributed by atoms with Crippen LogP contribution in [0.4, 0.5) is 4.39 Å². The topological polar surface area (TPSA) is 71.8 Å². The minimum Gasteiger partial charge on any atom is -0.483 e. The van der Waals surface area contributed by atoms with Crippen molar-refractivity contribution < 1.29 is 19.0 Å². The standard InChI is InChI=1S/C23H19BrClFN2O4/c24-19-18(12-29)28-9-8-27(11-15-6-7-17(26)16(25)10-15)23(31)20(28)22(21(19)30)32-13-14-4-2-1-3-5-14/h1-7,10,29H,8-9,11-13H2. The van der Waals surface area contributed by atoms with Crippen LogP contribution in [0, 0.1) is 5.82 Å². The van der Waals surface area contributed by atoms with Crippen LogP contribution in [-0.4, -0.2) is 27.0 Å². The number of aliphatic hydroxyl groups excluding tert-OH is 1. The highest BCUT2D eigenvalue weighted by atomic mass is 79.9. The molecule has 2 heterocycles. The molecule has 6 nitrogen and oxygen atoms in total. The van der Waals surface area contributed by atoms with Gasteiger partial charge in [-0.25, -0.2) is 4.39 Å². The van der Waals surface area contributed by atoms with Gasteiger partial charge in [0.1, 0.15) is 12.4 Å². The Kier molecular flexibility index (Phi) is 6.64. The second-order valence-corrected chi connectivity index (χ2v) is 8.53. The van der Waals surface area contributed by atoms with Gasteiger partial charge in [0.2, 0.25) is 5.43 Å². The van der Waals surface area contributed by atoms with Gasteiger partial charge in [-0.1, -0.05) is 48.0 Å². The number of hydrogen-bond donors (Lipinski definition) is 1. The Balaban J connectivity index is 1.72. The van der Waals surface area contributed by atoms with E-state index in [4.69, 9.17) is 16.3 Å². The second-order valence-electron chi connectivity index (χ2n) is 7.33. The Bertz CT molecular complexity index is 1230. The van der Waals surface area contributed by atoms with Crippen LogP contribution in [0.1, 0.15) is 27.3 Å². The summed E-state index contributed by atoms with van der Waals surface area (Å²) in [5.41, 5.74) is 1.39. The van der Waals surface area contributed by atoms with Crippen LogP contribution in [0.5, 0.6) is 5.75 Å². The molecule has 1 aliphatic rings. The largest absolute Gasteiger partial charge is 0.483 e. The van der Waals surface area contributed by atoms with Crippen LogP contribution in [0.15, 0.2) is 57.8 Å². The van der Waals surface area contributed by atoms with Gasteiger partial charge < -0.3 is 19.3 Å². The third-order valence-electron chi connectivity index (χ3n) is 5.29. The van der Waals surface area contributed by atoms with E-state index in [-0.39, 0.29) is 34.1 Å². The van der Waals surface area contributed by atoms with Gasteiger partial charge in [0.15, 0.2) is 11.4 Å². The Morgan fingerprint density at radius 3 is 2.53 bits per heavy atom. The number of carbonyl (C=O) groups is 1. The van der Waals surface area contributed by atoms with Crippen molar-refractivity contribution in [1.29, 1.82) is 0 Å². The number of pyridine rings is 1. The molecule has 1 aromatic heterocycles. The Labute approximate surface area is 196 Å². The summed E-state index contributed by atoms with van der Waals surface area (Å²) in [7, 11) is 0. The average Bonchev–Trinajstić information content (AvgIpc) is 2.79. The lowest BCUT2D eigenvalue weighted by Crippen LogP contribution is -2.43. The molecule has 1 N–H and O–H groups in total. The molecule has 1 aliphatic heterocycles. The van der Waals surface area contributed by atoms with E-state index in [1.54, 1.807) is 15.5 Å². The molecule has 0 spiro atoms. The number of hydrogen-bond acceptors (Lipinski definition) is 4. The fourth-order valence-corrected chi connectivity index (χ4v) is 4.40. The van der Waals surface area contributed by atoms with Crippen molar-refractivity contribution in [3.63, 3.8) is 0 Å². The quantitative estimate of drug-likeness (QED) is 0.530. The van der Waals surface area contributed by atoms with Crippen molar-refractivity contribution >= 4 is 33.4 Å². The van der Waals surface area contributed by atoms with E-state index in [0.29, 0.717) is 24.3 Å². The third kappa shape index (κ3) is 4.30. The molecule has 0 atom stereocenters. The summed E-state index contributed by atoms with van der Waals surface area (Å²) in [5.74, 6) is -1.03. The first kappa shape index (κ1) is 22.5. The van der Waals surface area contributed by atoms with Crippen molar-refractivity contribution in [2.75, 3.05) is 6.54 Å². The number of rotatable bonds is 6. The summed E-state index contributed by atoms with van der Waals surface area (Å²) in [4.78, 5) is 28.0. The molecule has 2 aromatic carbocycles. The molecular weight excluding hydrogens is 503 g/mol. The summed E-state index contributed by atoms with van der Waals surface area (Å²) in [5, 5.41) is 9.81. The van der Waals surface area contributed by atoms with Crippen LogP contribution >= 0.6 is 27.5 Å². The minimum absolute atomic E-state index is 0.0260. The van der Waals surface area contributed by atoms with Crippen LogP contribution in [0.3, 0.4) is 0 Å². The first-order valence-corrected chi connectivity index (χ1v) is 11.0. The average molecular weight is 522 g/mol. The Morgan fingerprint density at radius 1 is 1.09 bits per heavy atom. The summed E-state index contributed by atoms with van der Waals surface area (Å²) < 4.78 is 21.1. The monoisotopic (exact) mass is 520 g/mol. The number of aromatic nitrogens is 1. The van der Waals surface area contributed by atoms with Gasteiger partial charge in [-0.2, -0.15) is 0 Å². The highest BCUT2D eigenvalue weighted by Crippen LogP contribution is 2.29. The lowest BCUT2D eigenvalue weighted by Gasteiger charge is -2.32. The number of halogens is 3. The van der Waals surface area contributed by atoms with Crippen LogP contribution in [-0.2, 0) is 26.3 Å². The molecule has 4 rings (SSSR count). The number of fused-ring (bicyclic) bond motifs is 1. The maximum Gasteiger partial charge on any atom is 0.274 e. The summed E-state index contributed by atoms with van der Waals surface area (Å²) in [6, 6.07) is 13.6. The predicted octanol–water partition coefficient (Wildman–Crippen LogP) is 4.13. The Hall–Kier alpha value is -2.68. The maximum atomic E-state index is 13.5. The van der Waals surface area contributed by atoms with E-state index < -0.39 is 23.8 Å². The molecule has 9 heteroatoms. The number of nitrogens with zero attached hydrogens (tertiary/aromatic N) is 2. The zero-order chi connectivity index (χ0) is 22.8. The minimum atomic E-state index is -0.536. The molecule has 0 saturated carbocycles. The molecule has 0 bridgehead atoms. The second kappa shape index (κ2) is 9.44. The summed E-state index contributed by atoms with van der Waals surface area (Å²) in [6.45, 7) is 0.570. The molecule has 166 valence electrons. The van der Waals surface area contributed by atoms with Crippen LogP contribution in [0.2, 0.25) is 5.02 Å². The smallest absolute Gasteiger partial charge is 0.274 e. The fourth-order valence-electron chi connectivity index (χ4n) is 3.67.